The van der Waals surface area contributed by atoms with E-state index in [2.05, 4.69) is 34.8 Å². The maximum Gasteiger partial charge on any atom is 0.123 e. The molecule has 0 aliphatic carbocycles. The Kier molecular flexibility index (Phi) is 2.07. The van der Waals surface area contributed by atoms with Crippen molar-refractivity contribution >= 4 is 16.2 Å². The van der Waals surface area contributed by atoms with Crippen molar-refractivity contribution in [2.24, 2.45) is 0 Å². The van der Waals surface area contributed by atoms with Crippen molar-refractivity contribution in [1.82, 2.24) is 14.3 Å². The van der Waals surface area contributed by atoms with E-state index in [0.717, 1.165) is 12.4 Å². The second-order valence-corrected chi connectivity index (χ2v) is 5.26. The van der Waals surface area contributed by atoms with Crippen molar-refractivity contribution in [2.45, 2.75) is 19.3 Å². The van der Waals surface area contributed by atoms with Crippen LogP contribution in [0.3, 0.4) is 0 Å². The Bertz CT molecular complexity index is 485. The van der Waals surface area contributed by atoms with Gasteiger partial charge in [-0.1, -0.05) is 0 Å². The maximum absolute atomic E-state index is 4.71. The van der Waals surface area contributed by atoms with Crippen LogP contribution in [0, 0.1) is 6.92 Å². The molecular formula is C11H15N3S. The van der Waals surface area contributed by atoms with Crippen LogP contribution in [0.5, 0.6) is 0 Å². The summed E-state index contributed by atoms with van der Waals surface area (Å²) in [7, 11) is 2.19. The molecule has 0 aromatic carbocycles. The lowest BCUT2D eigenvalue weighted by molar-refractivity contribution is 0.411. The monoisotopic (exact) mass is 221 g/mol. The van der Waals surface area contributed by atoms with E-state index >= 15 is 0 Å². The van der Waals surface area contributed by atoms with Crippen LogP contribution in [-0.4, -0.2) is 34.4 Å². The van der Waals surface area contributed by atoms with Crippen molar-refractivity contribution in [3.05, 3.63) is 23.1 Å². The van der Waals surface area contributed by atoms with Gasteiger partial charge in [0.15, 0.2) is 0 Å². The third kappa shape index (κ3) is 1.40. The Morgan fingerprint density at radius 1 is 1.53 bits per heavy atom. The first-order chi connectivity index (χ1) is 7.25. The number of likely N-dealkylation sites (N-methyl/N-ethyl adjacent to an activating group) is 1. The number of imidazole rings is 1. The highest BCUT2D eigenvalue weighted by atomic mass is 32.1. The minimum atomic E-state index is 0.636. The van der Waals surface area contributed by atoms with Gasteiger partial charge in [0.25, 0.3) is 0 Å². The van der Waals surface area contributed by atoms with E-state index in [4.69, 9.17) is 4.98 Å². The van der Waals surface area contributed by atoms with Gasteiger partial charge in [-0.05, 0) is 26.9 Å². The number of thiazole rings is 1. The summed E-state index contributed by atoms with van der Waals surface area (Å²) < 4.78 is 2.21. The Morgan fingerprint density at radius 3 is 3.13 bits per heavy atom. The lowest BCUT2D eigenvalue weighted by atomic mass is 10.1. The number of aromatic nitrogens is 2. The van der Waals surface area contributed by atoms with Crippen LogP contribution in [0.4, 0.5) is 0 Å². The molecular weight excluding hydrogens is 206 g/mol. The highest BCUT2D eigenvalue weighted by Gasteiger charge is 2.25. The Hall–Kier alpha value is -0.870. The average molecular weight is 221 g/mol. The number of rotatable bonds is 1. The molecule has 3 heterocycles. The number of hydrogen-bond acceptors (Lipinski definition) is 3. The summed E-state index contributed by atoms with van der Waals surface area (Å²) >= 11 is 1.80. The van der Waals surface area contributed by atoms with E-state index in [9.17, 15) is 0 Å². The van der Waals surface area contributed by atoms with Crippen LogP contribution < -0.4 is 0 Å². The van der Waals surface area contributed by atoms with E-state index in [-0.39, 0.29) is 0 Å². The zero-order valence-corrected chi connectivity index (χ0v) is 9.92. The third-order valence-electron chi connectivity index (χ3n) is 3.24. The van der Waals surface area contributed by atoms with Crippen molar-refractivity contribution < 1.29 is 0 Å². The fourth-order valence-corrected chi connectivity index (χ4v) is 3.37. The molecule has 4 heteroatoms. The second kappa shape index (κ2) is 3.32. The molecule has 0 spiro atoms. The van der Waals surface area contributed by atoms with Crippen molar-refractivity contribution in [2.75, 3.05) is 20.1 Å². The van der Waals surface area contributed by atoms with Gasteiger partial charge in [-0.15, -0.1) is 11.3 Å². The summed E-state index contributed by atoms with van der Waals surface area (Å²) in [6.07, 6.45) is 3.37. The van der Waals surface area contributed by atoms with Gasteiger partial charge in [-0.25, -0.2) is 4.98 Å². The van der Waals surface area contributed by atoms with E-state index in [1.165, 1.54) is 23.5 Å². The summed E-state index contributed by atoms with van der Waals surface area (Å²) in [5.41, 5.74) is 1.31. The lowest BCUT2D eigenvalue weighted by Crippen LogP contribution is -2.13. The first kappa shape index (κ1) is 9.36. The number of hydrogen-bond donors (Lipinski definition) is 0. The Labute approximate surface area is 93.4 Å². The molecule has 0 N–H and O–H groups in total. The van der Waals surface area contributed by atoms with Crippen LogP contribution in [0.2, 0.25) is 0 Å². The van der Waals surface area contributed by atoms with Crippen LogP contribution in [-0.2, 0) is 0 Å². The molecule has 0 bridgehead atoms. The largest absolute Gasteiger partial charge is 0.306 e. The highest BCUT2D eigenvalue weighted by molar-refractivity contribution is 7.15. The zero-order valence-electron chi connectivity index (χ0n) is 9.10. The van der Waals surface area contributed by atoms with Crippen LogP contribution in [0.25, 0.3) is 4.83 Å². The lowest BCUT2D eigenvalue weighted by Gasteiger charge is -2.07. The van der Waals surface area contributed by atoms with E-state index in [0.29, 0.717) is 5.92 Å². The van der Waals surface area contributed by atoms with Crippen molar-refractivity contribution in [3.8, 4) is 0 Å². The topological polar surface area (TPSA) is 20.5 Å². The highest BCUT2D eigenvalue weighted by Crippen LogP contribution is 2.31. The van der Waals surface area contributed by atoms with Crippen LogP contribution in [0.1, 0.15) is 23.9 Å². The SMILES string of the molecule is Cc1nc([C@@H]2CCN(C)C2)c2sccn12. The summed E-state index contributed by atoms with van der Waals surface area (Å²) in [6.45, 7) is 4.44. The third-order valence-corrected chi connectivity index (χ3v) is 4.12. The Morgan fingerprint density at radius 2 is 2.40 bits per heavy atom. The molecule has 1 atom stereocenters. The van der Waals surface area contributed by atoms with Gasteiger partial charge in [0.2, 0.25) is 0 Å². The van der Waals surface area contributed by atoms with Crippen molar-refractivity contribution in [3.63, 3.8) is 0 Å². The molecule has 0 radical (unpaired) electrons. The molecule has 3 rings (SSSR count). The minimum absolute atomic E-state index is 0.636. The number of likely N-dealkylation sites (tertiary alicyclic amines) is 1. The molecule has 0 unspecified atom stereocenters. The second-order valence-electron chi connectivity index (χ2n) is 4.37. The summed E-state index contributed by atoms with van der Waals surface area (Å²) in [6, 6.07) is 0. The van der Waals surface area contributed by atoms with E-state index < -0.39 is 0 Å². The molecule has 0 saturated carbocycles. The van der Waals surface area contributed by atoms with Crippen LogP contribution >= 0.6 is 11.3 Å². The molecule has 1 saturated heterocycles. The van der Waals surface area contributed by atoms with Gasteiger partial charge in [-0.2, -0.15) is 0 Å². The van der Waals surface area contributed by atoms with E-state index in [1.54, 1.807) is 11.3 Å². The molecule has 1 aliphatic heterocycles. The maximum atomic E-state index is 4.71. The summed E-state index contributed by atoms with van der Waals surface area (Å²) in [4.78, 5) is 8.44. The van der Waals surface area contributed by atoms with Gasteiger partial charge in [-0.3, -0.25) is 4.40 Å². The van der Waals surface area contributed by atoms with E-state index in [1.807, 2.05) is 0 Å². The molecule has 1 aliphatic rings. The normalized spacial score (nSPS) is 22.9. The molecule has 3 nitrogen and oxygen atoms in total. The Balaban J connectivity index is 2.06. The first-order valence-electron chi connectivity index (χ1n) is 5.36. The van der Waals surface area contributed by atoms with Gasteiger partial charge in [0.1, 0.15) is 10.7 Å². The molecule has 15 heavy (non-hydrogen) atoms. The fraction of sp³-hybridized carbons (Fsp3) is 0.545. The van der Waals surface area contributed by atoms with Crippen molar-refractivity contribution in [1.29, 1.82) is 0 Å². The summed E-state index contributed by atoms with van der Waals surface area (Å²) in [5.74, 6) is 1.76. The first-order valence-corrected chi connectivity index (χ1v) is 6.24. The zero-order chi connectivity index (χ0) is 10.4. The predicted octanol–water partition coefficient (Wildman–Crippen LogP) is 2.12. The van der Waals surface area contributed by atoms with Gasteiger partial charge >= 0.3 is 0 Å². The van der Waals surface area contributed by atoms with Crippen LogP contribution in [0.15, 0.2) is 11.6 Å². The number of nitrogens with zero attached hydrogens (tertiary/aromatic N) is 3. The predicted molar refractivity (Wildman–Crippen MR) is 62.7 cm³/mol. The molecule has 80 valence electrons. The van der Waals surface area contributed by atoms with Gasteiger partial charge in [0, 0.05) is 24.0 Å². The molecule has 1 fully saturated rings. The average Bonchev–Trinajstić information content (AvgIpc) is 2.84. The smallest absolute Gasteiger partial charge is 0.123 e. The van der Waals surface area contributed by atoms with Gasteiger partial charge in [0.05, 0.1) is 5.69 Å². The molecule has 0 amide bonds. The minimum Gasteiger partial charge on any atom is -0.306 e. The molecule has 2 aromatic heterocycles. The fourth-order valence-electron chi connectivity index (χ4n) is 2.42. The van der Waals surface area contributed by atoms with Gasteiger partial charge < -0.3 is 4.90 Å². The number of aryl methyl sites for hydroxylation is 1. The standard InChI is InChI=1S/C11H15N3S/c1-8-12-10(9-3-4-13(2)7-9)11-14(8)5-6-15-11/h5-6,9H,3-4,7H2,1-2H3/t9-/m1/s1. The summed E-state index contributed by atoms with van der Waals surface area (Å²) in [5, 5.41) is 2.15. The quantitative estimate of drug-likeness (QED) is 0.735. The number of fused-ring (bicyclic) bond motifs is 1. The molecule has 2 aromatic rings.